The number of piperazine rings is 1. The molecule has 30 heavy (non-hydrogen) atoms. The van der Waals surface area contributed by atoms with Crippen LogP contribution in [-0.2, 0) is 9.59 Å². The molecule has 0 aromatic heterocycles. The van der Waals surface area contributed by atoms with Gasteiger partial charge >= 0.3 is 6.03 Å². The third kappa shape index (κ3) is 4.01. The van der Waals surface area contributed by atoms with Gasteiger partial charge in [-0.15, -0.1) is 0 Å². The average molecular weight is 416 g/mol. The second-order valence-electron chi connectivity index (χ2n) is 7.87. The molecule has 2 aliphatic heterocycles. The molecule has 162 valence electrons. The standard InChI is InChI=1S/C21H28N4O5/c1-29-16-5-6-18(30-2)17(13-16)25-12-11-24(21(25)28)14-19(26)22-7-9-23(10-8-22)20(27)15-3-4-15/h5-6,13,15H,3-4,7-12,14H2,1-2H3. The summed E-state index contributed by atoms with van der Waals surface area (Å²) in [5, 5.41) is 0. The summed E-state index contributed by atoms with van der Waals surface area (Å²) in [6, 6.07) is 5.07. The van der Waals surface area contributed by atoms with Crippen LogP contribution in [0.3, 0.4) is 0 Å². The van der Waals surface area contributed by atoms with Gasteiger partial charge in [-0.05, 0) is 25.0 Å². The van der Waals surface area contributed by atoms with Crippen molar-refractivity contribution in [2.45, 2.75) is 12.8 Å². The molecule has 1 aromatic carbocycles. The third-order valence-electron chi connectivity index (χ3n) is 5.97. The number of nitrogens with zero attached hydrogens (tertiary/aromatic N) is 4. The lowest BCUT2D eigenvalue weighted by Gasteiger charge is -2.35. The summed E-state index contributed by atoms with van der Waals surface area (Å²) in [5.41, 5.74) is 0.629. The molecule has 1 aliphatic carbocycles. The van der Waals surface area contributed by atoms with Gasteiger partial charge in [0.2, 0.25) is 11.8 Å². The van der Waals surface area contributed by atoms with Crippen LogP contribution in [0.2, 0.25) is 0 Å². The molecular weight excluding hydrogens is 388 g/mol. The van der Waals surface area contributed by atoms with Gasteiger partial charge in [-0.1, -0.05) is 0 Å². The van der Waals surface area contributed by atoms with E-state index in [-0.39, 0.29) is 30.3 Å². The fraction of sp³-hybridized carbons (Fsp3) is 0.571. The van der Waals surface area contributed by atoms with Gasteiger partial charge in [0.1, 0.15) is 18.0 Å². The number of ether oxygens (including phenoxy) is 2. The Morgan fingerprint density at radius 3 is 2.30 bits per heavy atom. The lowest BCUT2D eigenvalue weighted by Crippen LogP contribution is -2.53. The van der Waals surface area contributed by atoms with Gasteiger partial charge in [0.15, 0.2) is 0 Å². The van der Waals surface area contributed by atoms with E-state index in [0.29, 0.717) is 56.5 Å². The van der Waals surface area contributed by atoms with Crippen molar-refractivity contribution in [2.75, 3.05) is 64.9 Å². The molecule has 3 fully saturated rings. The second kappa shape index (κ2) is 8.41. The fourth-order valence-electron chi connectivity index (χ4n) is 3.99. The van der Waals surface area contributed by atoms with Crippen LogP contribution in [0, 0.1) is 5.92 Å². The highest BCUT2D eigenvalue weighted by Crippen LogP contribution is 2.34. The van der Waals surface area contributed by atoms with Crippen LogP contribution in [0.1, 0.15) is 12.8 Å². The number of carbonyl (C=O) groups is 3. The molecule has 2 heterocycles. The summed E-state index contributed by atoms with van der Waals surface area (Å²) in [6.07, 6.45) is 1.98. The lowest BCUT2D eigenvalue weighted by atomic mass is 10.2. The van der Waals surface area contributed by atoms with Crippen molar-refractivity contribution >= 4 is 23.5 Å². The first-order chi connectivity index (χ1) is 14.5. The molecular formula is C21H28N4O5. The zero-order valence-electron chi connectivity index (χ0n) is 17.5. The number of methoxy groups -OCH3 is 2. The summed E-state index contributed by atoms with van der Waals surface area (Å²) < 4.78 is 10.7. The van der Waals surface area contributed by atoms with Gasteiger partial charge in [0.05, 0.1) is 19.9 Å². The molecule has 1 saturated carbocycles. The van der Waals surface area contributed by atoms with E-state index < -0.39 is 0 Å². The largest absolute Gasteiger partial charge is 0.497 e. The monoisotopic (exact) mass is 416 g/mol. The summed E-state index contributed by atoms with van der Waals surface area (Å²) in [7, 11) is 3.13. The number of hydrogen-bond donors (Lipinski definition) is 0. The zero-order chi connectivity index (χ0) is 21.3. The Balaban J connectivity index is 1.34. The van der Waals surface area contributed by atoms with Crippen molar-refractivity contribution in [1.82, 2.24) is 14.7 Å². The maximum atomic E-state index is 12.9. The minimum Gasteiger partial charge on any atom is -0.497 e. The van der Waals surface area contributed by atoms with Crippen LogP contribution in [0.5, 0.6) is 11.5 Å². The van der Waals surface area contributed by atoms with Crippen LogP contribution in [0.25, 0.3) is 0 Å². The van der Waals surface area contributed by atoms with Crippen molar-refractivity contribution in [3.8, 4) is 11.5 Å². The van der Waals surface area contributed by atoms with Crippen LogP contribution in [0.15, 0.2) is 18.2 Å². The maximum Gasteiger partial charge on any atom is 0.325 e. The van der Waals surface area contributed by atoms with Gasteiger partial charge in [-0.25, -0.2) is 4.79 Å². The molecule has 1 aromatic rings. The fourth-order valence-corrected chi connectivity index (χ4v) is 3.99. The average Bonchev–Trinajstić information content (AvgIpc) is 3.57. The molecule has 4 rings (SSSR count). The Morgan fingerprint density at radius 1 is 0.967 bits per heavy atom. The van der Waals surface area contributed by atoms with Crippen LogP contribution in [-0.4, -0.2) is 92.6 Å². The molecule has 0 bridgehead atoms. The van der Waals surface area contributed by atoms with E-state index in [1.165, 1.54) is 0 Å². The summed E-state index contributed by atoms with van der Waals surface area (Å²) in [4.78, 5) is 44.7. The van der Waals surface area contributed by atoms with Crippen molar-refractivity contribution in [3.05, 3.63) is 18.2 Å². The smallest absolute Gasteiger partial charge is 0.325 e. The molecule has 0 unspecified atom stereocenters. The quantitative estimate of drug-likeness (QED) is 0.692. The number of carbonyl (C=O) groups excluding carboxylic acids is 3. The van der Waals surface area contributed by atoms with Gasteiger partial charge in [-0.2, -0.15) is 0 Å². The highest BCUT2D eigenvalue weighted by Gasteiger charge is 2.37. The van der Waals surface area contributed by atoms with Gasteiger partial charge in [-0.3, -0.25) is 14.5 Å². The molecule has 0 N–H and O–H groups in total. The Morgan fingerprint density at radius 2 is 1.67 bits per heavy atom. The number of rotatable bonds is 6. The SMILES string of the molecule is COc1ccc(OC)c(N2CCN(CC(=O)N3CCN(C(=O)C4CC4)CC3)C2=O)c1. The molecule has 9 heteroatoms. The normalized spacial score (nSPS) is 19.3. The minimum absolute atomic E-state index is 0.0399. The summed E-state index contributed by atoms with van der Waals surface area (Å²) >= 11 is 0. The molecule has 0 spiro atoms. The number of benzene rings is 1. The Labute approximate surface area is 176 Å². The van der Waals surface area contributed by atoms with E-state index in [1.807, 2.05) is 4.90 Å². The van der Waals surface area contributed by atoms with Gasteiger partial charge < -0.3 is 24.2 Å². The van der Waals surface area contributed by atoms with E-state index in [1.54, 1.807) is 47.1 Å². The highest BCUT2D eigenvalue weighted by atomic mass is 16.5. The Kier molecular flexibility index (Phi) is 5.69. The topological polar surface area (TPSA) is 82.6 Å². The zero-order valence-corrected chi connectivity index (χ0v) is 17.5. The molecule has 4 amide bonds. The molecule has 0 radical (unpaired) electrons. The number of hydrogen-bond acceptors (Lipinski definition) is 5. The first-order valence-corrected chi connectivity index (χ1v) is 10.4. The third-order valence-corrected chi connectivity index (χ3v) is 5.97. The number of amides is 4. The minimum atomic E-state index is -0.225. The Bertz CT molecular complexity index is 833. The van der Waals surface area contributed by atoms with Crippen molar-refractivity contribution < 1.29 is 23.9 Å². The first-order valence-electron chi connectivity index (χ1n) is 10.4. The van der Waals surface area contributed by atoms with Gasteiger partial charge in [0, 0.05) is 51.3 Å². The van der Waals surface area contributed by atoms with Crippen molar-refractivity contribution in [1.29, 1.82) is 0 Å². The van der Waals surface area contributed by atoms with E-state index in [2.05, 4.69) is 0 Å². The number of urea groups is 1. The first kappa shape index (κ1) is 20.3. The van der Waals surface area contributed by atoms with Crippen LogP contribution in [0.4, 0.5) is 10.5 Å². The second-order valence-corrected chi connectivity index (χ2v) is 7.87. The van der Waals surface area contributed by atoms with Crippen molar-refractivity contribution in [3.63, 3.8) is 0 Å². The molecule has 3 aliphatic rings. The summed E-state index contributed by atoms with van der Waals surface area (Å²) in [5.74, 6) is 1.55. The molecule has 9 nitrogen and oxygen atoms in total. The lowest BCUT2D eigenvalue weighted by molar-refractivity contribution is -0.140. The van der Waals surface area contributed by atoms with Crippen LogP contribution < -0.4 is 14.4 Å². The molecule has 2 saturated heterocycles. The number of anilines is 1. The van der Waals surface area contributed by atoms with E-state index in [4.69, 9.17) is 9.47 Å². The summed E-state index contributed by atoms with van der Waals surface area (Å²) in [6.45, 7) is 3.16. The maximum absolute atomic E-state index is 12.9. The van der Waals surface area contributed by atoms with E-state index in [0.717, 1.165) is 12.8 Å². The van der Waals surface area contributed by atoms with E-state index in [9.17, 15) is 14.4 Å². The van der Waals surface area contributed by atoms with Crippen LogP contribution >= 0.6 is 0 Å². The molecule has 0 atom stereocenters. The Hall–Kier alpha value is -2.97. The highest BCUT2D eigenvalue weighted by molar-refractivity contribution is 5.98. The predicted molar refractivity (Wildman–Crippen MR) is 110 cm³/mol. The van der Waals surface area contributed by atoms with Gasteiger partial charge in [0.25, 0.3) is 0 Å². The van der Waals surface area contributed by atoms with E-state index >= 15 is 0 Å². The predicted octanol–water partition coefficient (Wildman–Crippen LogP) is 1.03. The van der Waals surface area contributed by atoms with Crippen molar-refractivity contribution in [2.24, 2.45) is 5.92 Å².